The van der Waals surface area contributed by atoms with E-state index >= 15 is 0 Å². The van der Waals surface area contributed by atoms with Crippen LogP contribution in [0.15, 0.2) is 77.5 Å². The lowest BCUT2D eigenvalue weighted by Gasteiger charge is -2.32. The number of aromatic nitrogens is 1. The van der Waals surface area contributed by atoms with Gasteiger partial charge in [0, 0.05) is 18.5 Å². The second-order valence-electron chi connectivity index (χ2n) is 8.06. The van der Waals surface area contributed by atoms with Gasteiger partial charge in [-0.1, -0.05) is 24.3 Å². The molecule has 1 fully saturated rings. The molecular formula is C26H25FN2O4. The van der Waals surface area contributed by atoms with Gasteiger partial charge in [0.2, 0.25) is 6.79 Å². The van der Waals surface area contributed by atoms with E-state index in [1.54, 1.807) is 0 Å². The van der Waals surface area contributed by atoms with Crippen LogP contribution in [-0.4, -0.2) is 31.5 Å². The second kappa shape index (κ2) is 9.92. The highest BCUT2D eigenvalue weighted by Crippen LogP contribution is 2.36. The molecule has 3 heterocycles. The van der Waals surface area contributed by atoms with Gasteiger partial charge in [-0.25, -0.2) is 9.37 Å². The fourth-order valence-electron chi connectivity index (χ4n) is 4.22. The van der Waals surface area contributed by atoms with Gasteiger partial charge in [0.05, 0.1) is 6.61 Å². The number of hydrogen-bond donors (Lipinski definition) is 1. The molecule has 7 heteroatoms. The monoisotopic (exact) mass is 448 g/mol. The summed E-state index contributed by atoms with van der Waals surface area (Å²) >= 11 is 0. The van der Waals surface area contributed by atoms with E-state index in [2.05, 4.69) is 10.3 Å². The molecule has 2 atom stereocenters. The zero-order chi connectivity index (χ0) is 22.5. The molecule has 4 aromatic rings. The first kappa shape index (κ1) is 21.3. The summed E-state index contributed by atoms with van der Waals surface area (Å²) in [6, 6.07) is 20.1. The number of nitrogens with zero attached hydrogens (tertiary/aromatic N) is 1. The standard InChI is InChI=1S/C19H20FNO3.C7H5NO/c20-15-3-1-13(2-4-15)17-7-8-21-10-14(17)11-22-16-5-6-18-19(9-16)24-12-23-18;1-2-4-7-6(3-1)8-5-9-7/h1-6,9,14,17,21H,7-8,10-12H2;1-5H/t14-,17-;/m0./s1. The summed E-state index contributed by atoms with van der Waals surface area (Å²) in [6.45, 7) is 2.74. The first-order chi connectivity index (χ1) is 16.3. The largest absolute Gasteiger partial charge is 0.493 e. The predicted octanol–water partition coefficient (Wildman–Crippen LogP) is 5.15. The number of piperidine rings is 1. The van der Waals surface area contributed by atoms with E-state index in [9.17, 15) is 4.39 Å². The Morgan fingerprint density at radius 3 is 2.73 bits per heavy atom. The molecule has 0 aliphatic carbocycles. The predicted molar refractivity (Wildman–Crippen MR) is 122 cm³/mol. The minimum Gasteiger partial charge on any atom is -0.493 e. The summed E-state index contributed by atoms with van der Waals surface area (Å²) in [5, 5.41) is 3.43. The Kier molecular flexibility index (Phi) is 6.39. The zero-order valence-corrected chi connectivity index (χ0v) is 18.1. The number of fused-ring (bicyclic) bond motifs is 2. The molecule has 0 unspecified atom stereocenters. The molecule has 0 spiro atoms. The van der Waals surface area contributed by atoms with E-state index in [1.165, 1.54) is 24.1 Å². The first-order valence-electron chi connectivity index (χ1n) is 11.0. The molecular weight excluding hydrogens is 423 g/mol. The molecule has 1 N–H and O–H groups in total. The molecule has 0 bridgehead atoms. The maximum absolute atomic E-state index is 13.2. The van der Waals surface area contributed by atoms with Gasteiger partial charge in [0.25, 0.3) is 0 Å². The highest BCUT2D eigenvalue weighted by Gasteiger charge is 2.27. The van der Waals surface area contributed by atoms with Crippen molar-refractivity contribution in [2.75, 3.05) is 26.5 Å². The molecule has 2 aliphatic heterocycles. The Labute approximate surface area is 191 Å². The van der Waals surface area contributed by atoms with Gasteiger partial charge in [-0.3, -0.25) is 0 Å². The molecule has 3 aromatic carbocycles. The van der Waals surface area contributed by atoms with Crippen LogP contribution in [0, 0.1) is 11.7 Å². The van der Waals surface area contributed by atoms with Crippen LogP contribution < -0.4 is 19.5 Å². The van der Waals surface area contributed by atoms with Crippen molar-refractivity contribution in [1.82, 2.24) is 10.3 Å². The van der Waals surface area contributed by atoms with Crippen molar-refractivity contribution >= 4 is 11.1 Å². The summed E-state index contributed by atoms with van der Waals surface area (Å²) in [4.78, 5) is 3.95. The van der Waals surface area contributed by atoms with Crippen LogP contribution >= 0.6 is 0 Å². The van der Waals surface area contributed by atoms with Gasteiger partial charge >= 0.3 is 0 Å². The van der Waals surface area contributed by atoms with E-state index in [4.69, 9.17) is 18.6 Å². The normalized spacial score (nSPS) is 19.1. The van der Waals surface area contributed by atoms with E-state index in [0.717, 1.165) is 47.9 Å². The minimum absolute atomic E-state index is 0.194. The average molecular weight is 448 g/mol. The average Bonchev–Trinajstić information content (AvgIpc) is 3.53. The molecule has 0 saturated carbocycles. The Morgan fingerprint density at radius 1 is 1.00 bits per heavy atom. The van der Waals surface area contributed by atoms with Crippen molar-refractivity contribution in [1.29, 1.82) is 0 Å². The molecule has 6 rings (SSSR count). The topological polar surface area (TPSA) is 65.8 Å². The Bertz CT molecular complexity index is 1160. The van der Waals surface area contributed by atoms with Gasteiger partial charge < -0.3 is 23.9 Å². The van der Waals surface area contributed by atoms with Gasteiger partial charge in [-0.2, -0.15) is 0 Å². The second-order valence-corrected chi connectivity index (χ2v) is 8.06. The molecule has 0 amide bonds. The molecule has 6 nitrogen and oxygen atoms in total. The van der Waals surface area contributed by atoms with E-state index < -0.39 is 0 Å². The molecule has 0 radical (unpaired) electrons. The van der Waals surface area contributed by atoms with Crippen molar-refractivity contribution in [3.63, 3.8) is 0 Å². The Balaban J connectivity index is 0.000000211. The number of oxazole rings is 1. The van der Waals surface area contributed by atoms with Crippen molar-refractivity contribution in [3.8, 4) is 17.2 Å². The fraction of sp³-hybridized carbons (Fsp3) is 0.269. The summed E-state index contributed by atoms with van der Waals surface area (Å²) in [7, 11) is 0. The fourth-order valence-corrected chi connectivity index (χ4v) is 4.22. The van der Waals surface area contributed by atoms with Crippen molar-refractivity contribution in [3.05, 3.63) is 84.5 Å². The van der Waals surface area contributed by atoms with Crippen LogP contribution in [-0.2, 0) is 0 Å². The molecule has 1 saturated heterocycles. The number of para-hydroxylation sites is 2. The first-order valence-corrected chi connectivity index (χ1v) is 11.0. The number of rotatable bonds is 4. The summed E-state index contributed by atoms with van der Waals surface area (Å²) < 4.78 is 34.9. The smallest absolute Gasteiger partial charge is 0.231 e. The van der Waals surface area contributed by atoms with Crippen LogP contribution in [0.4, 0.5) is 4.39 Å². The number of nitrogens with one attached hydrogen (secondary N) is 1. The summed E-state index contributed by atoms with van der Waals surface area (Å²) in [6.07, 6.45) is 2.48. The molecule has 2 aliphatic rings. The zero-order valence-electron chi connectivity index (χ0n) is 18.1. The SMILES string of the molecule is Fc1ccc([C@@H]2CCNC[C@H]2COc2ccc3c(c2)OCO3)cc1.c1ccc2ocnc2c1. The van der Waals surface area contributed by atoms with Crippen LogP contribution in [0.25, 0.3) is 11.1 Å². The summed E-state index contributed by atoms with van der Waals surface area (Å²) in [5.74, 6) is 2.79. The molecule has 33 heavy (non-hydrogen) atoms. The van der Waals surface area contributed by atoms with E-state index in [-0.39, 0.29) is 12.6 Å². The van der Waals surface area contributed by atoms with Crippen molar-refractivity contribution in [2.45, 2.75) is 12.3 Å². The lowest BCUT2D eigenvalue weighted by molar-refractivity contribution is 0.173. The van der Waals surface area contributed by atoms with Crippen LogP contribution in [0.1, 0.15) is 17.9 Å². The van der Waals surface area contributed by atoms with E-state index in [0.29, 0.717) is 18.4 Å². The van der Waals surface area contributed by atoms with Crippen LogP contribution in [0.2, 0.25) is 0 Å². The highest BCUT2D eigenvalue weighted by atomic mass is 19.1. The van der Waals surface area contributed by atoms with Crippen molar-refractivity contribution in [2.24, 2.45) is 5.92 Å². The lowest BCUT2D eigenvalue weighted by Crippen LogP contribution is -2.38. The minimum atomic E-state index is -0.194. The third kappa shape index (κ3) is 5.09. The van der Waals surface area contributed by atoms with E-state index in [1.807, 2.05) is 54.6 Å². The number of halogens is 1. The van der Waals surface area contributed by atoms with Crippen LogP contribution in [0.5, 0.6) is 17.2 Å². The lowest BCUT2D eigenvalue weighted by atomic mass is 9.81. The highest BCUT2D eigenvalue weighted by molar-refractivity contribution is 5.71. The molecule has 170 valence electrons. The summed E-state index contributed by atoms with van der Waals surface area (Å²) in [5.41, 5.74) is 2.94. The number of hydrogen-bond acceptors (Lipinski definition) is 6. The van der Waals surface area contributed by atoms with Gasteiger partial charge in [-0.15, -0.1) is 0 Å². The third-order valence-corrected chi connectivity index (χ3v) is 5.95. The maximum Gasteiger partial charge on any atom is 0.231 e. The number of ether oxygens (including phenoxy) is 3. The number of benzene rings is 3. The van der Waals surface area contributed by atoms with Crippen LogP contribution in [0.3, 0.4) is 0 Å². The quantitative estimate of drug-likeness (QED) is 0.466. The molecule has 1 aromatic heterocycles. The van der Waals surface area contributed by atoms with Gasteiger partial charge in [-0.05, 0) is 60.8 Å². The van der Waals surface area contributed by atoms with Gasteiger partial charge in [0.15, 0.2) is 23.5 Å². The Hall–Kier alpha value is -3.58. The van der Waals surface area contributed by atoms with Gasteiger partial charge in [0.1, 0.15) is 17.1 Å². The maximum atomic E-state index is 13.2. The Morgan fingerprint density at radius 2 is 1.85 bits per heavy atom. The van der Waals surface area contributed by atoms with Crippen molar-refractivity contribution < 1.29 is 23.0 Å². The third-order valence-electron chi connectivity index (χ3n) is 5.95.